The van der Waals surface area contributed by atoms with Gasteiger partial charge in [0.15, 0.2) is 5.82 Å². The Balaban J connectivity index is 1.56. The molecule has 0 saturated carbocycles. The Labute approximate surface area is 163 Å². The predicted octanol–water partition coefficient (Wildman–Crippen LogP) is 4.26. The van der Waals surface area contributed by atoms with E-state index in [1.165, 1.54) is 23.9 Å². The summed E-state index contributed by atoms with van der Waals surface area (Å²) in [4.78, 5) is 22.2. The van der Waals surface area contributed by atoms with Crippen molar-refractivity contribution in [2.75, 3.05) is 5.32 Å². The summed E-state index contributed by atoms with van der Waals surface area (Å²) in [6.07, 6.45) is 5.40. The number of thiophene rings is 1. The Morgan fingerprint density at radius 3 is 2.71 bits per heavy atom. The average Bonchev–Trinajstić information content (AvgIpc) is 3.32. The Hall–Kier alpha value is -3.46. The molecule has 0 aliphatic heterocycles. The molecule has 0 radical (unpaired) electrons. The highest BCUT2D eigenvalue weighted by Gasteiger charge is 2.16. The number of nitrogens with zero attached hydrogens (tertiary/aromatic N) is 4. The maximum atomic E-state index is 13.9. The van der Waals surface area contributed by atoms with E-state index in [1.807, 2.05) is 19.1 Å². The zero-order valence-electron chi connectivity index (χ0n) is 14.9. The van der Waals surface area contributed by atoms with E-state index in [0.717, 1.165) is 27.1 Å². The molecule has 0 aliphatic rings. The van der Waals surface area contributed by atoms with Gasteiger partial charge in [-0.25, -0.2) is 9.37 Å². The van der Waals surface area contributed by atoms with Gasteiger partial charge in [-0.2, -0.15) is 0 Å². The number of halogens is 1. The molecule has 0 aliphatic carbocycles. The second kappa shape index (κ2) is 7.28. The van der Waals surface area contributed by atoms with Crippen LogP contribution >= 0.6 is 11.3 Å². The van der Waals surface area contributed by atoms with Gasteiger partial charge >= 0.3 is 0 Å². The molecule has 0 aromatic carbocycles. The largest absolute Gasteiger partial charge is 0.423 e. The van der Waals surface area contributed by atoms with Gasteiger partial charge in [0.1, 0.15) is 5.82 Å². The molecule has 0 atom stereocenters. The maximum absolute atomic E-state index is 13.9. The van der Waals surface area contributed by atoms with E-state index in [0.29, 0.717) is 17.3 Å². The number of amides is 1. The standard InChI is InChI=1S/C19H14FN5O2S/c1-10-5-14(19-25-23-9-27-19)28-17(10)12-3-4-15(22-7-12)24-18(26)16-11(2)6-21-8-13(16)20/h3-9H,1-2H3,(H,22,24,26). The van der Waals surface area contributed by atoms with Gasteiger partial charge in [-0.15, -0.1) is 21.5 Å². The van der Waals surface area contributed by atoms with E-state index in [2.05, 4.69) is 25.5 Å². The summed E-state index contributed by atoms with van der Waals surface area (Å²) >= 11 is 1.51. The first-order valence-corrected chi connectivity index (χ1v) is 9.09. The number of aryl methyl sites for hydroxylation is 2. The molecule has 4 rings (SSSR count). The van der Waals surface area contributed by atoms with E-state index < -0.39 is 11.7 Å². The zero-order valence-corrected chi connectivity index (χ0v) is 15.7. The molecule has 4 heterocycles. The van der Waals surface area contributed by atoms with Crippen LogP contribution in [0.3, 0.4) is 0 Å². The van der Waals surface area contributed by atoms with E-state index >= 15 is 0 Å². The number of aromatic nitrogens is 4. The lowest BCUT2D eigenvalue weighted by Crippen LogP contribution is -2.16. The molecule has 0 fully saturated rings. The summed E-state index contributed by atoms with van der Waals surface area (Å²) in [5.41, 5.74) is 2.35. The fraction of sp³-hybridized carbons (Fsp3) is 0.105. The number of hydrogen-bond donors (Lipinski definition) is 1. The first kappa shape index (κ1) is 17.9. The van der Waals surface area contributed by atoms with Crippen molar-refractivity contribution in [3.63, 3.8) is 0 Å². The molecule has 0 bridgehead atoms. The summed E-state index contributed by atoms with van der Waals surface area (Å²) in [6, 6.07) is 5.49. The van der Waals surface area contributed by atoms with Crippen LogP contribution in [0.5, 0.6) is 0 Å². The average molecular weight is 395 g/mol. The molecule has 4 aromatic heterocycles. The molecule has 1 amide bonds. The summed E-state index contributed by atoms with van der Waals surface area (Å²) in [5.74, 6) is -0.442. The molecular formula is C19H14FN5O2S. The van der Waals surface area contributed by atoms with Gasteiger partial charge in [0.05, 0.1) is 16.6 Å². The van der Waals surface area contributed by atoms with Crippen molar-refractivity contribution in [2.45, 2.75) is 13.8 Å². The van der Waals surface area contributed by atoms with Crippen LogP contribution in [-0.4, -0.2) is 26.1 Å². The van der Waals surface area contributed by atoms with Crippen LogP contribution in [0.2, 0.25) is 0 Å². The van der Waals surface area contributed by atoms with E-state index in [4.69, 9.17) is 4.42 Å². The Kier molecular flexibility index (Phi) is 4.66. The van der Waals surface area contributed by atoms with E-state index in [1.54, 1.807) is 19.2 Å². The van der Waals surface area contributed by atoms with Crippen LogP contribution < -0.4 is 5.32 Å². The summed E-state index contributed by atoms with van der Waals surface area (Å²) in [5, 5.41) is 10.2. The Morgan fingerprint density at radius 2 is 2.04 bits per heavy atom. The minimum Gasteiger partial charge on any atom is -0.423 e. The van der Waals surface area contributed by atoms with Crippen molar-refractivity contribution in [1.82, 2.24) is 20.2 Å². The highest BCUT2D eigenvalue weighted by atomic mass is 32.1. The molecule has 1 N–H and O–H groups in total. The number of pyridine rings is 2. The number of anilines is 1. The highest BCUT2D eigenvalue weighted by Crippen LogP contribution is 2.37. The molecule has 0 unspecified atom stereocenters. The van der Waals surface area contributed by atoms with E-state index in [-0.39, 0.29) is 5.56 Å². The van der Waals surface area contributed by atoms with E-state index in [9.17, 15) is 9.18 Å². The molecular weight excluding hydrogens is 381 g/mol. The molecule has 140 valence electrons. The molecule has 0 saturated heterocycles. The fourth-order valence-electron chi connectivity index (χ4n) is 2.75. The van der Waals surface area contributed by atoms with Gasteiger partial charge in [-0.1, -0.05) is 0 Å². The number of carbonyl (C=O) groups excluding carboxylic acids is 1. The van der Waals surface area contributed by atoms with Crippen molar-refractivity contribution in [1.29, 1.82) is 0 Å². The van der Waals surface area contributed by atoms with Gasteiger partial charge in [-0.05, 0) is 43.2 Å². The highest BCUT2D eigenvalue weighted by molar-refractivity contribution is 7.19. The molecule has 0 spiro atoms. The zero-order chi connectivity index (χ0) is 19.7. The second-order valence-electron chi connectivity index (χ2n) is 6.07. The summed E-state index contributed by atoms with van der Waals surface area (Å²) in [6.45, 7) is 3.61. The summed E-state index contributed by atoms with van der Waals surface area (Å²) in [7, 11) is 0. The van der Waals surface area contributed by atoms with Crippen LogP contribution in [0.4, 0.5) is 10.2 Å². The fourth-order valence-corrected chi connectivity index (χ4v) is 3.85. The summed E-state index contributed by atoms with van der Waals surface area (Å²) < 4.78 is 19.1. The van der Waals surface area contributed by atoms with Gasteiger partial charge in [0.2, 0.25) is 6.39 Å². The first-order chi connectivity index (χ1) is 13.5. The third-order valence-electron chi connectivity index (χ3n) is 4.07. The number of rotatable bonds is 4. The molecule has 9 heteroatoms. The van der Waals surface area contributed by atoms with Crippen molar-refractivity contribution >= 4 is 23.1 Å². The van der Waals surface area contributed by atoms with Crippen LogP contribution in [0, 0.1) is 19.7 Å². The van der Waals surface area contributed by atoms with Gasteiger partial charge in [0, 0.05) is 22.8 Å². The molecule has 4 aromatic rings. The third-order valence-corrected chi connectivity index (χ3v) is 5.35. The Morgan fingerprint density at radius 1 is 1.18 bits per heavy atom. The Bertz CT molecular complexity index is 1120. The monoisotopic (exact) mass is 395 g/mol. The lowest BCUT2D eigenvalue weighted by molar-refractivity contribution is 0.102. The predicted molar refractivity (Wildman–Crippen MR) is 102 cm³/mol. The van der Waals surface area contributed by atoms with Gasteiger partial charge in [0.25, 0.3) is 11.8 Å². The SMILES string of the molecule is Cc1cc(-c2nnco2)sc1-c1ccc(NC(=O)c2c(C)cncc2F)nc1. The van der Waals surface area contributed by atoms with Crippen LogP contribution in [0.1, 0.15) is 21.5 Å². The maximum Gasteiger partial charge on any atom is 0.260 e. The van der Waals surface area contributed by atoms with Crippen LogP contribution in [-0.2, 0) is 0 Å². The smallest absolute Gasteiger partial charge is 0.260 e. The number of hydrogen-bond acceptors (Lipinski definition) is 7. The molecule has 28 heavy (non-hydrogen) atoms. The van der Waals surface area contributed by atoms with Crippen molar-refractivity contribution in [2.24, 2.45) is 0 Å². The van der Waals surface area contributed by atoms with Gasteiger partial charge in [-0.3, -0.25) is 9.78 Å². The quantitative estimate of drug-likeness (QED) is 0.555. The van der Waals surface area contributed by atoms with Crippen molar-refractivity contribution in [3.8, 4) is 21.2 Å². The normalized spacial score (nSPS) is 10.8. The molecule has 7 nitrogen and oxygen atoms in total. The minimum absolute atomic E-state index is 0.0424. The first-order valence-electron chi connectivity index (χ1n) is 8.28. The van der Waals surface area contributed by atoms with Crippen LogP contribution in [0.25, 0.3) is 21.2 Å². The van der Waals surface area contributed by atoms with Crippen molar-refractivity contribution in [3.05, 3.63) is 65.7 Å². The van der Waals surface area contributed by atoms with Gasteiger partial charge < -0.3 is 9.73 Å². The van der Waals surface area contributed by atoms with Crippen molar-refractivity contribution < 1.29 is 13.6 Å². The number of nitrogens with one attached hydrogen (secondary N) is 1. The lowest BCUT2D eigenvalue weighted by atomic mass is 10.1. The number of carbonyl (C=O) groups is 1. The van der Waals surface area contributed by atoms with Crippen LogP contribution in [0.15, 0.2) is 47.6 Å². The third kappa shape index (κ3) is 3.39. The lowest BCUT2D eigenvalue weighted by Gasteiger charge is -2.08. The topological polar surface area (TPSA) is 93.8 Å². The minimum atomic E-state index is -0.670. The second-order valence-corrected chi connectivity index (χ2v) is 7.12.